The Bertz CT molecular complexity index is 38.7. The number of aliphatic hydroxyl groups is 1. The number of nitrogens with one attached hydrogen (secondary N) is 1. The highest BCUT2D eigenvalue weighted by Gasteiger charge is 1.85. The van der Waals surface area contributed by atoms with Crippen LogP contribution in [0.4, 0.5) is 0 Å². The fourth-order valence-corrected chi connectivity index (χ4v) is 0.292. The van der Waals surface area contributed by atoms with Gasteiger partial charge < -0.3 is 16.2 Å². The van der Waals surface area contributed by atoms with E-state index in [1.807, 2.05) is 6.92 Å². The van der Waals surface area contributed by atoms with Gasteiger partial charge in [-0.15, -0.1) is 0 Å². The molecule has 0 aliphatic rings. The van der Waals surface area contributed by atoms with E-state index < -0.39 is 0 Å². The molecule has 3 heteroatoms. The smallest absolute Gasteiger partial charge is 0.0556 e. The van der Waals surface area contributed by atoms with E-state index in [1.54, 1.807) is 0 Å². The molecule has 4 N–H and O–H groups in total. The van der Waals surface area contributed by atoms with Crippen LogP contribution in [0.15, 0.2) is 0 Å². The predicted octanol–water partition coefficient (Wildman–Crippen LogP) is -1.13. The van der Waals surface area contributed by atoms with Gasteiger partial charge in [-0.05, 0) is 6.92 Å². The standard InChI is InChI=1S/C4H12N2O/c1-4(5)6-2-3-7/h4,6-7H,2-3,5H2,1H3. The molecule has 0 aromatic rings. The highest BCUT2D eigenvalue weighted by atomic mass is 16.3. The first-order valence-corrected chi connectivity index (χ1v) is 2.37. The molecule has 44 valence electrons. The molecule has 0 saturated carbocycles. The minimum atomic E-state index is -0.00727. The van der Waals surface area contributed by atoms with E-state index in [0.29, 0.717) is 6.54 Å². The van der Waals surface area contributed by atoms with Crippen LogP contribution in [-0.2, 0) is 0 Å². The molecule has 0 saturated heterocycles. The third kappa shape index (κ3) is 5.88. The van der Waals surface area contributed by atoms with Crippen molar-refractivity contribution in [2.45, 2.75) is 13.1 Å². The molecule has 0 rings (SSSR count). The minimum Gasteiger partial charge on any atom is -0.395 e. The van der Waals surface area contributed by atoms with Gasteiger partial charge in [-0.25, -0.2) is 0 Å². The van der Waals surface area contributed by atoms with E-state index in [0.717, 1.165) is 0 Å². The van der Waals surface area contributed by atoms with Gasteiger partial charge in [0.2, 0.25) is 0 Å². The maximum Gasteiger partial charge on any atom is 0.0556 e. The lowest BCUT2D eigenvalue weighted by Crippen LogP contribution is -2.35. The highest BCUT2D eigenvalue weighted by Crippen LogP contribution is 1.61. The summed E-state index contributed by atoms with van der Waals surface area (Å²) >= 11 is 0. The van der Waals surface area contributed by atoms with Crippen molar-refractivity contribution in [1.82, 2.24) is 5.32 Å². The van der Waals surface area contributed by atoms with Crippen molar-refractivity contribution in [3.63, 3.8) is 0 Å². The lowest BCUT2D eigenvalue weighted by Gasteiger charge is -2.03. The molecule has 0 bridgehead atoms. The van der Waals surface area contributed by atoms with Crippen LogP contribution in [0.2, 0.25) is 0 Å². The van der Waals surface area contributed by atoms with Gasteiger partial charge >= 0.3 is 0 Å². The van der Waals surface area contributed by atoms with Crippen molar-refractivity contribution in [3.8, 4) is 0 Å². The second-order valence-electron chi connectivity index (χ2n) is 1.47. The molecule has 1 atom stereocenters. The summed E-state index contributed by atoms with van der Waals surface area (Å²) in [5, 5.41) is 11.0. The van der Waals surface area contributed by atoms with Gasteiger partial charge in [-0.2, -0.15) is 0 Å². The third-order valence-electron chi connectivity index (χ3n) is 0.578. The molecule has 3 nitrogen and oxygen atoms in total. The zero-order chi connectivity index (χ0) is 5.70. The largest absolute Gasteiger partial charge is 0.395 e. The van der Waals surface area contributed by atoms with Crippen LogP contribution in [0.25, 0.3) is 0 Å². The Labute approximate surface area is 43.5 Å². The first-order valence-electron chi connectivity index (χ1n) is 2.37. The molecule has 0 aromatic carbocycles. The summed E-state index contributed by atoms with van der Waals surface area (Å²) in [5.74, 6) is 0. The summed E-state index contributed by atoms with van der Waals surface area (Å²) in [6.07, 6.45) is -0.00727. The Morgan fingerprint density at radius 3 is 2.57 bits per heavy atom. The Balaban J connectivity index is 2.68. The van der Waals surface area contributed by atoms with Crippen LogP contribution in [0.5, 0.6) is 0 Å². The first-order chi connectivity index (χ1) is 3.27. The van der Waals surface area contributed by atoms with Gasteiger partial charge in [-0.3, -0.25) is 0 Å². The number of hydrogen-bond acceptors (Lipinski definition) is 3. The number of hydrogen-bond donors (Lipinski definition) is 3. The lowest BCUT2D eigenvalue weighted by molar-refractivity contribution is 0.286. The summed E-state index contributed by atoms with van der Waals surface area (Å²) in [6, 6.07) is 0. The fraction of sp³-hybridized carbons (Fsp3) is 1.00. The third-order valence-corrected chi connectivity index (χ3v) is 0.578. The average molecular weight is 104 g/mol. The van der Waals surface area contributed by atoms with E-state index in [1.165, 1.54) is 0 Å². The maximum absolute atomic E-state index is 8.20. The van der Waals surface area contributed by atoms with Gasteiger partial charge in [0.25, 0.3) is 0 Å². The summed E-state index contributed by atoms with van der Waals surface area (Å²) in [5.41, 5.74) is 5.26. The van der Waals surface area contributed by atoms with Crippen molar-refractivity contribution < 1.29 is 5.11 Å². The van der Waals surface area contributed by atoms with Crippen LogP contribution in [0, 0.1) is 0 Å². The molecule has 0 aliphatic carbocycles. The summed E-state index contributed by atoms with van der Waals surface area (Å²) < 4.78 is 0. The van der Waals surface area contributed by atoms with Crippen molar-refractivity contribution >= 4 is 0 Å². The first kappa shape index (κ1) is 6.88. The monoisotopic (exact) mass is 104 g/mol. The lowest BCUT2D eigenvalue weighted by atomic mass is 10.5. The Morgan fingerprint density at radius 1 is 1.86 bits per heavy atom. The maximum atomic E-state index is 8.20. The Morgan fingerprint density at radius 2 is 2.43 bits per heavy atom. The molecule has 7 heavy (non-hydrogen) atoms. The van der Waals surface area contributed by atoms with Crippen molar-refractivity contribution in [2.75, 3.05) is 13.2 Å². The molecular formula is C4H12N2O. The van der Waals surface area contributed by atoms with Gasteiger partial charge in [0.15, 0.2) is 0 Å². The van der Waals surface area contributed by atoms with Crippen LogP contribution < -0.4 is 11.1 Å². The van der Waals surface area contributed by atoms with E-state index in [9.17, 15) is 0 Å². The summed E-state index contributed by atoms with van der Waals surface area (Å²) in [7, 11) is 0. The second kappa shape index (κ2) is 4.05. The molecule has 0 fully saturated rings. The normalized spacial score (nSPS) is 14.1. The van der Waals surface area contributed by atoms with Crippen LogP contribution in [0.1, 0.15) is 6.92 Å². The Kier molecular flexibility index (Phi) is 3.98. The molecular weight excluding hydrogens is 92.1 g/mol. The second-order valence-corrected chi connectivity index (χ2v) is 1.47. The number of nitrogens with two attached hydrogens (primary N) is 1. The number of aliphatic hydroxyl groups excluding tert-OH is 1. The van der Waals surface area contributed by atoms with E-state index in [2.05, 4.69) is 5.32 Å². The van der Waals surface area contributed by atoms with Gasteiger partial charge in [0.05, 0.1) is 12.8 Å². The fourth-order valence-electron chi connectivity index (χ4n) is 0.292. The van der Waals surface area contributed by atoms with Crippen LogP contribution in [0.3, 0.4) is 0 Å². The molecule has 1 unspecified atom stereocenters. The zero-order valence-electron chi connectivity index (χ0n) is 4.52. The Hall–Kier alpha value is -0.120. The van der Waals surface area contributed by atoms with Crippen molar-refractivity contribution in [3.05, 3.63) is 0 Å². The van der Waals surface area contributed by atoms with Gasteiger partial charge in [0, 0.05) is 6.54 Å². The predicted molar refractivity (Wildman–Crippen MR) is 28.7 cm³/mol. The molecule has 0 aromatic heterocycles. The van der Waals surface area contributed by atoms with Gasteiger partial charge in [0.1, 0.15) is 0 Å². The van der Waals surface area contributed by atoms with E-state index >= 15 is 0 Å². The molecule has 0 radical (unpaired) electrons. The minimum absolute atomic E-state index is 0.00727. The highest BCUT2D eigenvalue weighted by molar-refractivity contribution is 4.47. The number of rotatable bonds is 3. The van der Waals surface area contributed by atoms with Gasteiger partial charge in [-0.1, -0.05) is 0 Å². The quantitative estimate of drug-likeness (QED) is 0.397. The molecule has 0 spiro atoms. The molecule has 0 aliphatic heterocycles. The van der Waals surface area contributed by atoms with Crippen LogP contribution >= 0.6 is 0 Å². The SMILES string of the molecule is CC(N)NCCO. The average Bonchev–Trinajstić information content (AvgIpc) is 1.61. The topological polar surface area (TPSA) is 58.3 Å². The summed E-state index contributed by atoms with van der Waals surface area (Å²) in [6.45, 7) is 2.56. The van der Waals surface area contributed by atoms with Crippen molar-refractivity contribution in [1.29, 1.82) is 0 Å². The summed E-state index contributed by atoms with van der Waals surface area (Å²) in [4.78, 5) is 0. The van der Waals surface area contributed by atoms with Crippen LogP contribution in [-0.4, -0.2) is 24.4 Å². The molecule has 0 amide bonds. The van der Waals surface area contributed by atoms with Crippen molar-refractivity contribution in [2.24, 2.45) is 5.73 Å². The molecule has 0 heterocycles. The zero-order valence-corrected chi connectivity index (χ0v) is 4.52. The van der Waals surface area contributed by atoms with E-state index in [4.69, 9.17) is 10.8 Å². The van der Waals surface area contributed by atoms with E-state index in [-0.39, 0.29) is 12.8 Å².